The fourth-order valence-corrected chi connectivity index (χ4v) is 3.31. The van der Waals surface area contributed by atoms with E-state index >= 15 is 0 Å². The molecule has 21 heavy (non-hydrogen) atoms. The lowest BCUT2D eigenvalue weighted by atomic mass is 10.0. The van der Waals surface area contributed by atoms with Gasteiger partial charge in [0.1, 0.15) is 5.82 Å². The summed E-state index contributed by atoms with van der Waals surface area (Å²) >= 11 is 0. The van der Waals surface area contributed by atoms with Crippen molar-refractivity contribution in [3.8, 4) is 0 Å². The van der Waals surface area contributed by atoms with E-state index in [0.717, 1.165) is 50.4 Å². The third-order valence-corrected chi connectivity index (χ3v) is 4.54. The van der Waals surface area contributed by atoms with E-state index in [-0.39, 0.29) is 5.91 Å². The highest BCUT2D eigenvalue weighted by Gasteiger charge is 2.27. The van der Waals surface area contributed by atoms with E-state index in [1.807, 2.05) is 24.1 Å². The summed E-state index contributed by atoms with van der Waals surface area (Å²) in [6, 6.07) is 4.20. The first-order chi connectivity index (χ1) is 10.3. The number of rotatable bonds is 3. The van der Waals surface area contributed by atoms with Gasteiger partial charge in [-0.05, 0) is 44.9 Å². The third-order valence-electron chi connectivity index (χ3n) is 4.54. The topological polar surface area (TPSA) is 48.5 Å². The third kappa shape index (κ3) is 3.02. The number of amides is 1. The fourth-order valence-electron chi connectivity index (χ4n) is 3.31. The Balaban J connectivity index is 1.80. The Labute approximate surface area is 126 Å². The number of carbonyl (C=O) groups is 1. The number of likely N-dealkylation sites (tertiary alicyclic amines) is 1. The quantitative estimate of drug-likeness (QED) is 0.916. The van der Waals surface area contributed by atoms with Crippen LogP contribution in [0.4, 0.5) is 5.82 Å². The number of likely N-dealkylation sites (N-methyl/N-ethyl adjacent to an activating group) is 1. The molecule has 5 heteroatoms. The summed E-state index contributed by atoms with van der Waals surface area (Å²) in [6.45, 7) is 3.67. The highest BCUT2D eigenvalue weighted by molar-refractivity contribution is 5.99. The first kappa shape index (κ1) is 14.3. The molecule has 0 radical (unpaired) electrons. The molecule has 3 heterocycles. The Kier molecular flexibility index (Phi) is 4.39. The molecule has 1 aromatic heterocycles. The molecular weight excluding hydrogens is 264 g/mol. The van der Waals surface area contributed by atoms with Gasteiger partial charge in [-0.3, -0.25) is 4.79 Å². The largest absolute Gasteiger partial charge is 0.356 e. The van der Waals surface area contributed by atoms with Crippen molar-refractivity contribution in [1.82, 2.24) is 15.2 Å². The number of nitrogens with one attached hydrogen (secondary N) is 1. The highest BCUT2D eigenvalue weighted by atomic mass is 16.2. The standard InChI is InChI=1S/C16H24N4O/c1-17-13-6-5-11-20(12-13)16(21)14-7-4-8-18-15(14)19-9-2-3-10-19/h4,7-8,13,17H,2-3,5-6,9-12H2,1H3. The van der Waals surface area contributed by atoms with Crippen molar-refractivity contribution in [1.29, 1.82) is 0 Å². The van der Waals surface area contributed by atoms with Crippen LogP contribution in [0.25, 0.3) is 0 Å². The van der Waals surface area contributed by atoms with Crippen molar-refractivity contribution >= 4 is 11.7 Å². The van der Waals surface area contributed by atoms with Crippen LogP contribution in [0.1, 0.15) is 36.0 Å². The van der Waals surface area contributed by atoms with Gasteiger partial charge in [0.25, 0.3) is 5.91 Å². The Morgan fingerprint density at radius 3 is 2.86 bits per heavy atom. The molecule has 1 unspecified atom stereocenters. The second kappa shape index (κ2) is 6.43. The molecule has 0 bridgehead atoms. The Hall–Kier alpha value is -1.62. The number of anilines is 1. The highest BCUT2D eigenvalue weighted by Crippen LogP contribution is 2.24. The SMILES string of the molecule is CNC1CCCN(C(=O)c2cccnc2N2CCCC2)C1. The minimum Gasteiger partial charge on any atom is -0.356 e. The normalized spacial score (nSPS) is 22.6. The monoisotopic (exact) mass is 288 g/mol. The predicted molar refractivity (Wildman–Crippen MR) is 83.7 cm³/mol. The lowest BCUT2D eigenvalue weighted by molar-refractivity contribution is 0.0698. The molecule has 1 amide bonds. The zero-order valence-corrected chi connectivity index (χ0v) is 12.7. The molecule has 2 aliphatic rings. The van der Waals surface area contributed by atoms with E-state index in [4.69, 9.17) is 0 Å². The molecule has 0 spiro atoms. The molecule has 114 valence electrons. The maximum Gasteiger partial charge on any atom is 0.257 e. The molecule has 0 aromatic carbocycles. The summed E-state index contributed by atoms with van der Waals surface area (Å²) in [4.78, 5) is 21.6. The van der Waals surface area contributed by atoms with E-state index in [0.29, 0.717) is 6.04 Å². The number of hydrogen-bond donors (Lipinski definition) is 1. The van der Waals surface area contributed by atoms with Crippen LogP contribution < -0.4 is 10.2 Å². The van der Waals surface area contributed by atoms with Crippen molar-refractivity contribution in [2.75, 3.05) is 38.1 Å². The van der Waals surface area contributed by atoms with Gasteiger partial charge in [-0.15, -0.1) is 0 Å². The number of piperidine rings is 1. The van der Waals surface area contributed by atoms with Gasteiger partial charge >= 0.3 is 0 Å². The average molecular weight is 288 g/mol. The van der Waals surface area contributed by atoms with E-state index in [1.54, 1.807) is 6.20 Å². The summed E-state index contributed by atoms with van der Waals surface area (Å²) in [7, 11) is 1.97. The number of pyridine rings is 1. The van der Waals surface area contributed by atoms with Gasteiger partial charge in [-0.25, -0.2) is 4.98 Å². The van der Waals surface area contributed by atoms with E-state index in [1.165, 1.54) is 12.8 Å². The van der Waals surface area contributed by atoms with Crippen molar-refractivity contribution in [2.45, 2.75) is 31.7 Å². The van der Waals surface area contributed by atoms with Crippen LogP contribution in [0.15, 0.2) is 18.3 Å². The van der Waals surface area contributed by atoms with Gasteiger partial charge in [0.2, 0.25) is 0 Å². The lowest BCUT2D eigenvalue weighted by Crippen LogP contribution is -2.47. The first-order valence-corrected chi connectivity index (χ1v) is 7.96. The van der Waals surface area contributed by atoms with Gasteiger partial charge in [-0.1, -0.05) is 0 Å². The van der Waals surface area contributed by atoms with Crippen LogP contribution >= 0.6 is 0 Å². The van der Waals surface area contributed by atoms with E-state index in [9.17, 15) is 4.79 Å². The molecule has 2 aliphatic heterocycles. The molecular formula is C16H24N4O. The van der Waals surface area contributed by atoms with Crippen LogP contribution in [0.3, 0.4) is 0 Å². The zero-order valence-electron chi connectivity index (χ0n) is 12.7. The van der Waals surface area contributed by atoms with Crippen molar-refractivity contribution in [2.24, 2.45) is 0 Å². The summed E-state index contributed by atoms with van der Waals surface area (Å²) in [5.41, 5.74) is 0.760. The maximum atomic E-state index is 12.9. The Bertz CT molecular complexity index is 499. The molecule has 3 rings (SSSR count). The van der Waals surface area contributed by atoms with Crippen LogP contribution in [0.5, 0.6) is 0 Å². The number of carbonyl (C=O) groups excluding carboxylic acids is 1. The Morgan fingerprint density at radius 1 is 1.29 bits per heavy atom. The average Bonchev–Trinajstić information content (AvgIpc) is 3.08. The fraction of sp³-hybridized carbons (Fsp3) is 0.625. The summed E-state index contributed by atoms with van der Waals surface area (Å²) in [6.07, 6.45) is 6.38. The first-order valence-electron chi connectivity index (χ1n) is 7.96. The van der Waals surface area contributed by atoms with Crippen molar-refractivity contribution in [3.05, 3.63) is 23.9 Å². The number of hydrogen-bond acceptors (Lipinski definition) is 4. The van der Waals surface area contributed by atoms with E-state index in [2.05, 4.69) is 15.2 Å². The molecule has 0 aliphatic carbocycles. The minimum atomic E-state index is 0.130. The summed E-state index contributed by atoms with van der Waals surface area (Å²) in [5.74, 6) is 0.997. The second-order valence-electron chi connectivity index (χ2n) is 5.95. The van der Waals surface area contributed by atoms with Crippen LogP contribution in [0, 0.1) is 0 Å². The lowest BCUT2D eigenvalue weighted by Gasteiger charge is -2.33. The zero-order chi connectivity index (χ0) is 14.7. The maximum absolute atomic E-state index is 12.9. The molecule has 0 saturated carbocycles. The van der Waals surface area contributed by atoms with Gasteiger partial charge < -0.3 is 15.1 Å². The number of nitrogens with zero attached hydrogens (tertiary/aromatic N) is 3. The van der Waals surface area contributed by atoms with Gasteiger partial charge in [-0.2, -0.15) is 0 Å². The molecule has 2 fully saturated rings. The van der Waals surface area contributed by atoms with Gasteiger partial charge in [0.05, 0.1) is 5.56 Å². The minimum absolute atomic E-state index is 0.130. The Morgan fingerprint density at radius 2 is 2.10 bits per heavy atom. The van der Waals surface area contributed by atoms with Crippen LogP contribution in [-0.2, 0) is 0 Å². The van der Waals surface area contributed by atoms with Crippen LogP contribution in [-0.4, -0.2) is 55.1 Å². The predicted octanol–water partition coefficient (Wildman–Crippen LogP) is 1.51. The number of aromatic nitrogens is 1. The van der Waals surface area contributed by atoms with E-state index < -0.39 is 0 Å². The molecule has 1 N–H and O–H groups in total. The summed E-state index contributed by atoms with van der Waals surface area (Å²) < 4.78 is 0. The molecule has 5 nitrogen and oxygen atoms in total. The molecule has 1 atom stereocenters. The molecule has 1 aromatic rings. The molecule has 2 saturated heterocycles. The second-order valence-corrected chi connectivity index (χ2v) is 5.95. The van der Waals surface area contributed by atoms with Crippen LogP contribution in [0.2, 0.25) is 0 Å². The smallest absolute Gasteiger partial charge is 0.257 e. The van der Waals surface area contributed by atoms with Crippen molar-refractivity contribution in [3.63, 3.8) is 0 Å². The van der Waals surface area contributed by atoms with Gasteiger partial charge in [0, 0.05) is 38.4 Å². The van der Waals surface area contributed by atoms with Crippen molar-refractivity contribution < 1.29 is 4.79 Å². The summed E-state index contributed by atoms with van der Waals surface area (Å²) in [5, 5.41) is 3.29. The van der Waals surface area contributed by atoms with Gasteiger partial charge in [0.15, 0.2) is 0 Å².